The molecule has 0 radical (unpaired) electrons. The number of nitrogens with zero attached hydrogens (tertiary/aromatic N) is 6. The van der Waals surface area contributed by atoms with Gasteiger partial charge < -0.3 is 14.7 Å². The van der Waals surface area contributed by atoms with Gasteiger partial charge in [-0.3, -0.25) is 9.20 Å². The molecule has 2 aliphatic heterocycles. The van der Waals surface area contributed by atoms with Crippen LogP contribution in [0.5, 0.6) is 0 Å². The van der Waals surface area contributed by atoms with Crippen molar-refractivity contribution in [2.75, 3.05) is 50.7 Å². The van der Waals surface area contributed by atoms with Gasteiger partial charge >= 0.3 is 0 Å². The maximum atomic E-state index is 13.0. The Morgan fingerprint density at radius 1 is 1.19 bits per heavy atom. The first-order chi connectivity index (χ1) is 12.7. The van der Waals surface area contributed by atoms with Gasteiger partial charge in [-0.1, -0.05) is 18.5 Å². The van der Waals surface area contributed by atoms with Gasteiger partial charge in [-0.05, 0) is 31.5 Å². The molecule has 0 N–H and O–H groups in total. The van der Waals surface area contributed by atoms with Crippen molar-refractivity contribution in [2.45, 2.75) is 19.8 Å². The average molecular weight is 377 g/mol. The van der Waals surface area contributed by atoms with Crippen LogP contribution in [0.3, 0.4) is 0 Å². The van der Waals surface area contributed by atoms with Crippen molar-refractivity contribution in [3.8, 4) is 0 Å². The van der Waals surface area contributed by atoms with E-state index in [1.165, 1.54) is 0 Å². The summed E-state index contributed by atoms with van der Waals surface area (Å²) in [7, 11) is 0. The summed E-state index contributed by atoms with van der Waals surface area (Å²) < 4.78 is 1.91. The van der Waals surface area contributed by atoms with Crippen LogP contribution in [0, 0.1) is 5.92 Å². The number of rotatable bonds is 3. The Labute approximate surface area is 158 Å². The molecule has 0 spiro atoms. The van der Waals surface area contributed by atoms with Gasteiger partial charge in [0.05, 0.1) is 10.9 Å². The summed E-state index contributed by atoms with van der Waals surface area (Å²) in [5.41, 5.74) is 0.772. The predicted molar refractivity (Wildman–Crippen MR) is 102 cm³/mol. The highest BCUT2D eigenvalue weighted by Gasteiger charge is 2.32. The monoisotopic (exact) mass is 376 g/mol. The van der Waals surface area contributed by atoms with Crippen LogP contribution < -0.4 is 4.90 Å². The predicted octanol–water partition coefficient (Wildman–Crippen LogP) is 1.76. The Morgan fingerprint density at radius 3 is 2.77 bits per heavy atom. The first-order valence-corrected chi connectivity index (χ1v) is 9.80. The molecule has 2 fully saturated rings. The molecule has 1 atom stereocenters. The number of amides is 1. The number of hydrogen-bond donors (Lipinski definition) is 0. The second-order valence-electron chi connectivity index (χ2n) is 7.12. The molecule has 26 heavy (non-hydrogen) atoms. The number of aromatic nitrogens is 3. The number of carbonyl (C=O) groups is 1. The minimum Gasteiger partial charge on any atom is -0.340 e. The van der Waals surface area contributed by atoms with Crippen molar-refractivity contribution in [1.82, 2.24) is 24.4 Å². The van der Waals surface area contributed by atoms with E-state index in [1.54, 1.807) is 0 Å². The van der Waals surface area contributed by atoms with Crippen LogP contribution in [-0.2, 0) is 4.79 Å². The van der Waals surface area contributed by atoms with E-state index in [1.807, 2.05) is 27.6 Å². The number of piperidine rings is 1. The van der Waals surface area contributed by atoms with Crippen molar-refractivity contribution < 1.29 is 4.79 Å². The summed E-state index contributed by atoms with van der Waals surface area (Å²) in [6.45, 7) is 8.45. The second kappa shape index (κ2) is 7.40. The summed E-state index contributed by atoms with van der Waals surface area (Å²) in [6, 6.07) is 3.67. The zero-order chi connectivity index (χ0) is 18.1. The SMILES string of the molecule is CCN1CCN(C(=O)[C@H]2CCCN(c3nnc4ccc(Cl)cn34)C2)CC1. The van der Waals surface area contributed by atoms with Gasteiger partial charge in [-0.25, -0.2) is 0 Å². The number of anilines is 1. The Morgan fingerprint density at radius 2 is 2.00 bits per heavy atom. The molecule has 4 rings (SSSR count). The summed E-state index contributed by atoms with van der Waals surface area (Å²) in [5.74, 6) is 1.09. The third-order valence-corrected chi connectivity index (χ3v) is 5.76. The fourth-order valence-corrected chi connectivity index (χ4v) is 4.13. The molecule has 0 unspecified atom stereocenters. The summed E-state index contributed by atoms with van der Waals surface area (Å²) in [6.07, 6.45) is 3.77. The van der Waals surface area contributed by atoms with E-state index in [9.17, 15) is 4.79 Å². The smallest absolute Gasteiger partial charge is 0.231 e. The molecule has 140 valence electrons. The highest BCUT2D eigenvalue weighted by molar-refractivity contribution is 6.30. The highest BCUT2D eigenvalue weighted by atomic mass is 35.5. The number of likely N-dealkylation sites (N-methyl/N-ethyl adjacent to an activating group) is 1. The maximum Gasteiger partial charge on any atom is 0.231 e. The first-order valence-electron chi connectivity index (χ1n) is 9.42. The van der Waals surface area contributed by atoms with Crippen LogP contribution in [0.2, 0.25) is 5.02 Å². The molecule has 0 aromatic carbocycles. The third kappa shape index (κ3) is 3.38. The van der Waals surface area contributed by atoms with Crippen LogP contribution >= 0.6 is 11.6 Å². The highest BCUT2D eigenvalue weighted by Crippen LogP contribution is 2.25. The quantitative estimate of drug-likeness (QED) is 0.817. The molecule has 0 saturated carbocycles. The Hall–Kier alpha value is -1.86. The van der Waals surface area contributed by atoms with Crippen molar-refractivity contribution in [3.63, 3.8) is 0 Å². The Bertz CT molecular complexity index is 785. The fraction of sp³-hybridized carbons (Fsp3) is 0.611. The molecule has 8 heteroatoms. The molecule has 0 bridgehead atoms. The summed E-state index contributed by atoms with van der Waals surface area (Å²) in [5, 5.41) is 9.21. The van der Waals surface area contributed by atoms with Gasteiger partial charge in [-0.2, -0.15) is 0 Å². The van der Waals surface area contributed by atoms with Crippen LogP contribution in [0.1, 0.15) is 19.8 Å². The third-order valence-electron chi connectivity index (χ3n) is 5.53. The van der Waals surface area contributed by atoms with Gasteiger partial charge in [0, 0.05) is 45.5 Å². The van der Waals surface area contributed by atoms with Gasteiger partial charge in [0.1, 0.15) is 0 Å². The van der Waals surface area contributed by atoms with Crippen LogP contribution in [0.25, 0.3) is 5.65 Å². The van der Waals surface area contributed by atoms with Gasteiger partial charge in [0.25, 0.3) is 0 Å². The molecule has 4 heterocycles. The summed E-state index contributed by atoms with van der Waals surface area (Å²) >= 11 is 6.13. The number of hydrogen-bond acceptors (Lipinski definition) is 5. The molecule has 2 saturated heterocycles. The molecule has 1 amide bonds. The topological polar surface area (TPSA) is 57.0 Å². The van der Waals surface area contributed by atoms with E-state index in [0.717, 1.165) is 63.7 Å². The van der Waals surface area contributed by atoms with Crippen LogP contribution in [0.4, 0.5) is 5.95 Å². The lowest BCUT2D eigenvalue weighted by Crippen LogP contribution is -2.52. The van der Waals surface area contributed by atoms with Crippen LogP contribution in [-0.4, -0.2) is 76.1 Å². The van der Waals surface area contributed by atoms with Crippen LogP contribution in [0.15, 0.2) is 18.3 Å². The Kier molecular flexibility index (Phi) is 5.00. The number of fused-ring (bicyclic) bond motifs is 1. The van der Waals surface area contributed by atoms with E-state index in [0.29, 0.717) is 11.6 Å². The van der Waals surface area contributed by atoms with Gasteiger partial charge in [0.15, 0.2) is 5.65 Å². The molecule has 7 nitrogen and oxygen atoms in total. The standard InChI is InChI=1S/C18H25ClN6O/c1-2-22-8-10-23(11-9-22)17(26)14-4-3-7-24(12-14)18-21-20-16-6-5-15(19)13-25(16)18/h5-6,13-14H,2-4,7-12H2,1H3/t14-/m0/s1. The van der Waals surface area contributed by atoms with Gasteiger partial charge in [-0.15, -0.1) is 10.2 Å². The molecular weight excluding hydrogens is 352 g/mol. The lowest BCUT2D eigenvalue weighted by atomic mass is 9.96. The van der Waals surface area contributed by atoms with E-state index < -0.39 is 0 Å². The van der Waals surface area contributed by atoms with Crippen molar-refractivity contribution in [1.29, 1.82) is 0 Å². The van der Waals surface area contributed by atoms with E-state index in [2.05, 4.69) is 26.9 Å². The number of pyridine rings is 1. The lowest BCUT2D eigenvalue weighted by molar-refractivity contribution is -0.137. The molecule has 0 aliphatic carbocycles. The molecule has 2 aromatic rings. The number of halogens is 1. The summed E-state index contributed by atoms with van der Waals surface area (Å²) in [4.78, 5) is 19.6. The Balaban J connectivity index is 1.47. The van der Waals surface area contributed by atoms with Crippen molar-refractivity contribution >= 4 is 29.1 Å². The first kappa shape index (κ1) is 17.5. The number of piperazine rings is 1. The molecular formula is C18H25ClN6O. The normalized spacial score (nSPS) is 22.2. The number of carbonyl (C=O) groups excluding carboxylic acids is 1. The van der Waals surface area contributed by atoms with Crippen molar-refractivity contribution in [3.05, 3.63) is 23.4 Å². The minimum atomic E-state index is 0.0310. The van der Waals surface area contributed by atoms with E-state index >= 15 is 0 Å². The van der Waals surface area contributed by atoms with E-state index in [4.69, 9.17) is 11.6 Å². The zero-order valence-corrected chi connectivity index (χ0v) is 15.9. The fourth-order valence-electron chi connectivity index (χ4n) is 3.97. The van der Waals surface area contributed by atoms with E-state index in [-0.39, 0.29) is 11.8 Å². The largest absolute Gasteiger partial charge is 0.340 e. The van der Waals surface area contributed by atoms with Gasteiger partial charge in [0.2, 0.25) is 11.9 Å². The zero-order valence-electron chi connectivity index (χ0n) is 15.1. The lowest BCUT2D eigenvalue weighted by Gasteiger charge is -2.38. The second-order valence-corrected chi connectivity index (χ2v) is 7.56. The minimum absolute atomic E-state index is 0.0310. The van der Waals surface area contributed by atoms with Crippen molar-refractivity contribution in [2.24, 2.45) is 5.92 Å². The molecule has 2 aromatic heterocycles. The maximum absolute atomic E-state index is 13.0. The average Bonchev–Trinajstić information content (AvgIpc) is 3.10. The molecule has 2 aliphatic rings.